The maximum Gasteiger partial charge on any atom is 0.251 e. The van der Waals surface area contributed by atoms with Crippen molar-refractivity contribution in [2.45, 2.75) is 20.0 Å². The first-order valence-corrected chi connectivity index (χ1v) is 6.03. The Morgan fingerprint density at radius 2 is 2.39 bits per heavy atom. The van der Waals surface area contributed by atoms with Crippen molar-refractivity contribution < 1.29 is 9.53 Å². The molecular weight excluding hydrogens is 230 g/mol. The molecule has 2 N–H and O–H groups in total. The number of rotatable bonds is 5. The number of nitrogens with one attached hydrogen (secondary N) is 2. The molecule has 2 rings (SSSR count). The second kappa shape index (κ2) is 5.64. The largest absolute Gasteiger partial charge is 0.377 e. The van der Waals surface area contributed by atoms with Gasteiger partial charge in [-0.1, -0.05) is 0 Å². The van der Waals surface area contributed by atoms with E-state index in [1.807, 2.05) is 19.9 Å². The van der Waals surface area contributed by atoms with Gasteiger partial charge in [0.05, 0.1) is 23.5 Å². The molecule has 0 bridgehead atoms. The van der Waals surface area contributed by atoms with Gasteiger partial charge in [0.1, 0.15) is 0 Å². The number of nitrogens with zero attached hydrogens (tertiary/aromatic N) is 1. The van der Waals surface area contributed by atoms with Crippen molar-refractivity contribution in [1.82, 2.24) is 15.3 Å². The third kappa shape index (κ3) is 2.87. The molecule has 0 saturated heterocycles. The van der Waals surface area contributed by atoms with E-state index in [1.165, 1.54) is 0 Å². The van der Waals surface area contributed by atoms with Gasteiger partial charge in [0, 0.05) is 18.7 Å². The lowest BCUT2D eigenvalue weighted by molar-refractivity contribution is 0.0695. The first-order valence-electron chi connectivity index (χ1n) is 6.03. The van der Waals surface area contributed by atoms with E-state index in [0.29, 0.717) is 18.7 Å². The molecular formula is C13H17N3O2. The van der Waals surface area contributed by atoms with Gasteiger partial charge in [-0.25, -0.2) is 4.98 Å². The Morgan fingerprint density at radius 3 is 3.17 bits per heavy atom. The zero-order valence-corrected chi connectivity index (χ0v) is 10.6. The lowest BCUT2D eigenvalue weighted by Crippen LogP contribution is -2.32. The highest BCUT2D eigenvalue weighted by atomic mass is 16.5. The minimum absolute atomic E-state index is 0.0230. The number of hydrogen-bond donors (Lipinski definition) is 2. The Labute approximate surface area is 106 Å². The number of carbonyl (C=O) groups is 1. The van der Waals surface area contributed by atoms with Gasteiger partial charge in [-0.05, 0) is 32.0 Å². The number of hydrogen-bond acceptors (Lipinski definition) is 3. The number of benzene rings is 1. The van der Waals surface area contributed by atoms with Crippen molar-refractivity contribution >= 4 is 16.9 Å². The predicted octanol–water partition coefficient (Wildman–Crippen LogP) is 1.72. The quantitative estimate of drug-likeness (QED) is 0.845. The normalized spacial score (nSPS) is 12.6. The van der Waals surface area contributed by atoms with Crippen LogP contribution < -0.4 is 5.32 Å². The van der Waals surface area contributed by atoms with Crippen LogP contribution in [0.4, 0.5) is 0 Å². The van der Waals surface area contributed by atoms with Crippen LogP contribution in [0.5, 0.6) is 0 Å². The van der Waals surface area contributed by atoms with Crippen molar-refractivity contribution in [3.8, 4) is 0 Å². The minimum Gasteiger partial charge on any atom is -0.377 e. The summed E-state index contributed by atoms with van der Waals surface area (Å²) in [4.78, 5) is 19.0. The van der Waals surface area contributed by atoms with Crippen molar-refractivity contribution in [3.63, 3.8) is 0 Å². The third-order valence-electron chi connectivity index (χ3n) is 2.68. The molecule has 5 nitrogen and oxygen atoms in total. The molecule has 0 saturated carbocycles. The fourth-order valence-electron chi connectivity index (χ4n) is 1.76. The van der Waals surface area contributed by atoms with E-state index in [2.05, 4.69) is 15.3 Å². The van der Waals surface area contributed by atoms with Crippen LogP contribution in [-0.4, -0.2) is 35.1 Å². The highest BCUT2D eigenvalue weighted by Gasteiger charge is 2.08. The molecule has 0 aliphatic rings. The molecule has 5 heteroatoms. The average Bonchev–Trinajstić information content (AvgIpc) is 2.83. The van der Waals surface area contributed by atoms with Crippen LogP contribution >= 0.6 is 0 Å². The Kier molecular flexibility index (Phi) is 3.94. The number of ether oxygens (including phenoxy) is 1. The zero-order chi connectivity index (χ0) is 13.0. The molecule has 0 radical (unpaired) electrons. The summed E-state index contributed by atoms with van der Waals surface area (Å²) in [6.45, 7) is 5.02. The number of imidazole rings is 1. The van der Waals surface area contributed by atoms with Gasteiger partial charge in [-0.3, -0.25) is 4.79 Å². The van der Waals surface area contributed by atoms with Crippen LogP contribution in [-0.2, 0) is 4.74 Å². The van der Waals surface area contributed by atoms with E-state index in [9.17, 15) is 4.79 Å². The second-order valence-corrected chi connectivity index (χ2v) is 4.11. The summed E-state index contributed by atoms with van der Waals surface area (Å²) in [6, 6.07) is 5.39. The van der Waals surface area contributed by atoms with Gasteiger partial charge in [-0.15, -0.1) is 0 Å². The average molecular weight is 247 g/mol. The topological polar surface area (TPSA) is 67.0 Å². The first-order chi connectivity index (χ1) is 8.70. The summed E-state index contributed by atoms with van der Waals surface area (Å²) in [7, 11) is 0. The molecule has 96 valence electrons. The molecule has 18 heavy (non-hydrogen) atoms. The van der Waals surface area contributed by atoms with E-state index in [0.717, 1.165) is 11.0 Å². The maximum absolute atomic E-state index is 11.9. The fourth-order valence-corrected chi connectivity index (χ4v) is 1.76. The van der Waals surface area contributed by atoms with Crippen LogP contribution in [0.1, 0.15) is 24.2 Å². The van der Waals surface area contributed by atoms with E-state index >= 15 is 0 Å². The van der Waals surface area contributed by atoms with Crippen molar-refractivity contribution in [2.75, 3.05) is 13.2 Å². The second-order valence-electron chi connectivity index (χ2n) is 4.11. The van der Waals surface area contributed by atoms with Crippen LogP contribution in [0.3, 0.4) is 0 Å². The van der Waals surface area contributed by atoms with Gasteiger partial charge >= 0.3 is 0 Å². The molecule has 1 aromatic carbocycles. The molecule has 1 aromatic heterocycles. The molecule has 0 spiro atoms. The smallest absolute Gasteiger partial charge is 0.251 e. The SMILES string of the molecule is CCOC(C)CNC(=O)c1ccc2nc[nH]c2c1. The number of aromatic amines is 1. The predicted molar refractivity (Wildman–Crippen MR) is 69.5 cm³/mol. The summed E-state index contributed by atoms with van der Waals surface area (Å²) in [6.07, 6.45) is 1.64. The van der Waals surface area contributed by atoms with Gasteiger partial charge < -0.3 is 15.0 Å². The van der Waals surface area contributed by atoms with E-state index in [4.69, 9.17) is 4.74 Å². The van der Waals surface area contributed by atoms with Crippen LogP contribution in [0, 0.1) is 0 Å². The molecule has 0 fully saturated rings. The zero-order valence-electron chi connectivity index (χ0n) is 10.6. The minimum atomic E-state index is -0.0990. The summed E-state index contributed by atoms with van der Waals surface area (Å²) in [5, 5.41) is 2.84. The van der Waals surface area contributed by atoms with Crippen LogP contribution in [0.25, 0.3) is 11.0 Å². The number of carbonyl (C=O) groups excluding carboxylic acids is 1. The number of aromatic nitrogens is 2. The monoisotopic (exact) mass is 247 g/mol. The summed E-state index contributed by atoms with van der Waals surface area (Å²) in [5.74, 6) is -0.0990. The van der Waals surface area contributed by atoms with Crippen LogP contribution in [0.15, 0.2) is 24.5 Å². The summed E-state index contributed by atoms with van der Waals surface area (Å²) < 4.78 is 5.36. The molecule has 1 amide bonds. The maximum atomic E-state index is 11.9. The van der Waals surface area contributed by atoms with Crippen molar-refractivity contribution in [2.24, 2.45) is 0 Å². The molecule has 2 aromatic rings. The third-order valence-corrected chi connectivity index (χ3v) is 2.68. The number of amides is 1. The van der Waals surface area contributed by atoms with Gasteiger partial charge in [0.2, 0.25) is 0 Å². The molecule has 1 atom stereocenters. The van der Waals surface area contributed by atoms with Gasteiger partial charge in [0.25, 0.3) is 5.91 Å². The van der Waals surface area contributed by atoms with Gasteiger partial charge in [-0.2, -0.15) is 0 Å². The standard InChI is InChI=1S/C13H17N3O2/c1-3-18-9(2)7-14-13(17)10-4-5-11-12(6-10)16-8-15-11/h4-6,8-9H,3,7H2,1-2H3,(H,14,17)(H,15,16). The Balaban J connectivity index is 1.99. The lowest BCUT2D eigenvalue weighted by Gasteiger charge is -2.12. The Hall–Kier alpha value is -1.88. The molecule has 0 aliphatic heterocycles. The first kappa shape index (κ1) is 12.6. The summed E-state index contributed by atoms with van der Waals surface area (Å²) in [5.41, 5.74) is 2.34. The van der Waals surface area contributed by atoms with Crippen molar-refractivity contribution in [1.29, 1.82) is 0 Å². The van der Waals surface area contributed by atoms with E-state index < -0.39 is 0 Å². The molecule has 1 unspecified atom stereocenters. The lowest BCUT2D eigenvalue weighted by atomic mass is 10.2. The summed E-state index contributed by atoms with van der Waals surface area (Å²) >= 11 is 0. The van der Waals surface area contributed by atoms with Gasteiger partial charge in [0.15, 0.2) is 0 Å². The molecule has 1 heterocycles. The highest BCUT2D eigenvalue weighted by Crippen LogP contribution is 2.11. The Bertz CT molecular complexity index is 536. The fraction of sp³-hybridized carbons (Fsp3) is 0.385. The van der Waals surface area contributed by atoms with E-state index in [1.54, 1.807) is 18.5 Å². The molecule has 0 aliphatic carbocycles. The number of fused-ring (bicyclic) bond motifs is 1. The van der Waals surface area contributed by atoms with Crippen molar-refractivity contribution in [3.05, 3.63) is 30.1 Å². The van der Waals surface area contributed by atoms with E-state index in [-0.39, 0.29) is 12.0 Å². The van der Waals surface area contributed by atoms with Crippen LogP contribution in [0.2, 0.25) is 0 Å². The Morgan fingerprint density at radius 1 is 1.56 bits per heavy atom. The highest BCUT2D eigenvalue weighted by molar-refractivity contribution is 5.97. The number of H-pyrrole nitrogens is 1.